The minimum absolute atomic E-state index is 0.493. The predicted octanol–water partition coefficient (Wildman–Crippen LogP) is 3.33. The van der Waals surface area contributed by atoms with Gasteiger partial charge >= 0.3 is 0 Å². The first-order chi connectivity index (χ1) is 8.69. The van der Waals surface area contributed by atoms with Crippen LogP contribution in [0.5, 0.6) is 0 Å². The molecule has 0 aliphatic carbocycles. The molecule has 1 heterocycles. The van der Waals surface area contributed by atoms with E-state index in [4.69, 9.17) is 4.74 Å². The lowest BCUT2D eigenvalue weighted by Crippen LogP contribution is -2.14. The van der Waals surface area contributed by atoms with Crippen molar-refractivity contribution in [3.8, 4) is 0 Å². The summed E-state index contributed by atoms with van der Waals surface area (Å²) in [5.41, 5.74) is 0. The number of rotatable bonds is 9. The van der Waals surface area contributed by atoms with Crippen LogP contribution in [-0.2, 0) is 4.74 Å². The largest absolute Gasteiger partial charge is 0.385 e. The Morgan fingerprint density at radius 1 is 1.44 bits per heavy atom. The molecular weight excluding hydrogens is 226 g/mol. The van der Waals surface area contributed by atoms with Crippen molar-refractivity contribution in [2.75, 3.05) is 25.6 Å². The van der Waals surface area contributed by atoms with Gasteiger partial charge in [-0.05, 0) is 25.7 Å². The van der Waals surface area contributed by atoms with Crippen molar-refractivity contribution in [1.82, 2.24) is 9.55 Å². The molecule has 1 aromatic rings. The van der Waals surface area contributed by atoms with E-state index in [0.29, 0.717) is 6.04 Å². The van der Waals surface area contributed by atoms with E-state index in [-0.39, 0.29) is 0 Å². The number of nitrogens with zero attached hydrogens (tertiary/aromatic N) is 2. The zero-order chi connectivity index (χ0) is 13.4. The highest BCUT2D eigenvalue weighted by molar-refractivity contribution is 5.26. The number of hydrogen-bond donors (Lipinski definition) is 1. The number of ether oxygens (including phenoxy) is 1. The van der Waals surface area contributed by atoms with Gasteiger partial charge in [-0.15, -0.1) is 0 Å². The van der Waals surface area contributed by atoms with Gasteiger partial charge in [-0.1, -0.05) is 20.3 Å². The summed E-state index contributed by atoms with van der Waals surface area (Å²) in [4.78, 5) is 4.38. The fourth-order valence-corrected chi connectivity index (χ4v) is 2.08. The normalized spacial score (nSPS) is 14.4. The molecule has 0 amide bonds. The smallest absolute Gasteiger partial charge is 0.203 e. The molecule has 2 unspecified atom stereocenters. The number of hydrogen-bond acceptors (Lipinski definition) is 3. The summed E-state index contributed by atoms with van der Waals surface area (Å²) < 4.78 is 7.27. The highest BCUT2D eigenvalue weighted by Gasteiger charge is 2.12. The summed E-state index contributed by atoms with van der Waals surface area (Å²) in [6.45, 7) is 8.50. The Morgan fingerprint density at radius 3 is 2.89 bits per heavy atom. The van der Waals surface area contributed by atoms with E-state index in [9.17, 15) is 0 Å². The maximum Gasteiger partial charge on any atom is 0.203 e. The van der Waals surface area contributed by atoms with Gasteiger partial charge in [0.15, 0.2) is 0 Å². The summed E-state index contributed by atoms with van der Waals surface area (Å²) in [5, 5.41) is 3.37. The molecule has 0 bridgehead atoms. The molecule has 0 aliphatic rings. The first-order valence-corrected chi connectivity index (χ1v) is 6.94. The molecule has 0 radical (unpaired) electrons. The Morgan fingerprint density at radius 2 is 2.22 bits per heavy atom. The first-order valence-electron chi connectivity index (χ1n) is 6.94. The summed E-state index contributed by atoms with van der Waals surface area (Å²) in [6, 6.07) is 0.493. The second-order valence-electron chi connectivity index (χ2n) is 5.03. The minimum Gasteiger partial charge on any atom is -0.385 e. The number of anilines is 1. The lowest BCUT2D eigenvalue weighted by atomic mass is 10.0. The molecule has 4 nitrogen and oxygen atoms in total. The monoisotopic (exact) mass is 253 g/mol. The Balaban J connectivity index is 2.47. The van der Waals surface area contributed by atoms with Crippen LogP contribution in [0.2, 0.25) is 0 Å². The van der Waals surface area contributed by atoms with Crippen LogP contribution < -0.4 is 5.32 Å². The number of nitrogens with one attached hydrogen (secondary N) is 1. The van der Waals surface area contributed by atoms with Gasteiger partial charge in [0.1, 0.15) is 0 Å². The van der Waals surface area contributed by atoms with Crippen LogP contribution in [0, 0.1) is 5.92 Å². The molecule has 0 saturated heterocycles. The van der Waals surface area contributed by atoms with Gasteiger partial charge in [-0.25, -0.2) is 4.98 Å². The molecular formula is C14H27N3O. The number of imidazole rings is 1. The Bertz CT molecular complexity index is 325. The van der Waals surface area contributed by atoms with Crippen LogP contribution >= 0.6 is 0 Å². The van der Waals surface area contributed by atoms with E-state index >= 15 is 0 Å². The molecule has 0 fully saturated rings. The van der Waals surface area contributed by atoms with Crippen molar-refractivity contribution in [3.05, 3.63) is 12.4 Å². The number of methoxy groups -OCH3 is 1. The zero-order valence-electron chi connectivity index (χ0n) is 12.1. The summed E-state index contributed by atoms with van der Waals surface area (Å²) in [5.74, 6) is 1.73. The van der Waals surface area contributed by atoms with Gasteiger partial charge in [0, 0.05) is 38.7 Å². The molecule has 4 heteroatoms. The third-order valence-corrected chi connectivity index (χ3v) is 3.39. The molecule has 0 aliphatic heterocycles. The van der Waals surface area contributed by atoms with Gasteiger partial charge in [-0.3, -0.25) is 0 Å². The van der Waals surface area contributed by atoms with Crippen molar-refractivity contribution in [2.24, 2.45) is 5.92 Å². The third-order valence-electron chi connectivity index (χ3n) is 3.39. The molecule has 2 atom stereocenters. The van der Waals surface area contributed by atoms with Crippen molar-refractivity contribution >= 4 is 5.95 Å². The molecule has 104 valence electrons. The predicted molar refractivity (Wildman–Crippen MR) is 76.0 cm³/mol. The third kappa shape index (κ3) is 4.69. The molecule has 18 heavy (non-hydrogen) atoms. The first kappa shape index (κ1) is 15.0. The lowest BCUT2D eigenvalue weighted by Gasteiger charge is -2.20. The van der Waals surface area contributed by atoms with Gasteiger partial charge in [0.05, 0.1) is 0 Å². The van der Waals surface area contributed by atoms with Gasteiger partial charge < -0.3 is 14.6 Å². The lowest BCUT2D eigenvalue weighted by molar-refractivity contribution is 0.197. The molecule has 0 spiro atoms. The average Bonchev–Trinajstić information content (AvgIpc) is 2.82. The standard InChI is InChI=1S/C14H27N3O/c1-5-12(2)11-13(3)17-9-8-16-14(17)15-7-6-10-18-4/h8-9,12-13H,5-7,10-11H2,1-4H3,(H,15,16). The Kier molecular flexibility index (Phi) is 6.80. The van der Waals surface area contributed by atoms with Crippen LogP contribution in [0.25, 0.3) is 0 Å². The topological polar surface area (TPSA) is 39.1 Å². The van der Waals surface area contributed by atoms with Crippen LogP contribution in [-0.4, -0.2) is 29.8 Å². The van der Waals surface area contributed by atoms with Crippen LogP contribution in [0.1, 0.15) is 46.1 Å². The second kappa shape index (κ2) is 8.14. The van der Waals surface area contributed by atoms with E-state index < -0.39 is 0 Å². The van der Waals surface area contributed by atoms with E-state index in [1.807, 2.05) is 6.20 Å². The summed E-state index contributed by atoms with van der Waals surface area (Å²) in [7, 11) is 1.73. The van der Waals surface area contributed by atoms with Crippen molar-refractivity contribution < 1.29 is 4.74 Å². The van der Waals surface area contributed by atoms with Crippen molar-refractivity contribution in [3.63, 3.8) is 0 Å². The van der Waals surface area contributed by atoms with E-state index in [0.717, 1.165) is 31.4 Å². The van der Waals surface area contributed by atoms with Crippen LogP contribution in [0.3, 0.4) is 0 Å². The van der Waals surface area contributed by atoms with Gasteiger partial charge in [0.2, 0.25) is 5.95 Å². The average molecular weight is 253 g/mol. The fraction of sp³-hybridized carbons (Fsp3) is 0.786. The molecule has 1 aromatic heterocycles. The van der Waals surface area contributed by atoms with E-state index in [1.54, 1.807) is 7.11 Å². The fourth-order valence-electron chi connectivity index (χ4n) is 2.08. The van der Waals surface area contributed by atoms with Crippen LogP contribution in [0.15, 0.2) is 12.4 Å². The molecule has 0 aromatic carbocycles. The Hall–Kier alpha value is -1.03. The minimum atomic E-state index is 0.493. The van der Waals surface area contributed by atoms with Crippen LogP contribution in [0.4, 0.5) is 5.95 Å². The summed E-state index contributed by atoms with van der Waals surface area (Å²) >= 11 is 0. The highest BCUT2D eigenvalue weighted by Crippen LogP contribution is 2.22. The molecule has 1 N–H and O–H groups in total. The van der Waals surface area contributed by atoms with E-state index in [1.165, 1.54) is 12.8 Å². The van der Waals surface area contributed by atoms with Gasteiger partial charge in [0.25, 0.3) is 0 Å². The highest BCUT2D eigenvalue weighted by atomic mass is 16.5. The Labute approximate surface area is 111 Å². The SMILES string of the molecule is CCC(C)CC(C)n1ccnc1NCCCOC. The quantitative estimate of drug-likeness (QED) is 0.686. The van der Waals surface area contributed by atoms with Gasteiger partial charge in [-0.2, -0.15) is 0 Å². The number of aromatic nitrogens is 2. The second-order valence-corrected chi connectivity index (χ2v) is 5.03. The van der Waals surface area contributed by atoms with E-state index in [2.05, 4.69) is 41.8 Å². The van der Waals surface area contributed by atoms with Crippen molar-refractivity contribution in [2.45, 2.75) is 46.1 Å². The zero-order valence-corrected chi connectivity index (χ0v) is 12.1. The maximum atomic E-state index is 5.04. The molecule has 1 rings (SSSR count). The summed E-state index contributed by atoms with van der Waals surface area (Å²) in [6.07, 6.45) is 7.36. The maximum absolute atomic E-state index is 5.04. The molecule has 0 saturated carbocycles. The van der Waals surface area contributed by atoms with Crippen molar-refractivity contribution in [1.29, 1.82) is 0 Å².